The molecule has 6 heteroatoms. The minimum Gasteiger partial charge on any atom is -0.373 e. The molecule has 96 valence electrons. The van der Waals surface area contributed by atoms with Gasteiger partial charge in [-0.1, -0.05) is 13.8 Å². The largest absolute Gasteiger partial charge is 0.373 e. The molecule has 0 spiro atoms. The molecule has 0 bridgehead atoms. The van der Waals surface area contributed by atoms with Gasteiger partial charge in [0.2, 0.25) is 0 Å². The van der Waals surface area contributed by atoms with Crippen molar-refractivity contribution in [3.8, 4) is 0 Å². The first-order chi connectivity index (χ1) is 8.02. The summed E-state index contributed by atoms with van der Waals surface area (Å²) in [4.78, 5) is 8.79. The van der Waals surface area contributed by atoms with Crippen molar-refractivity contribution in [2.75, 3.05) is 36.2 Å². The summed E-state index contributed by atoms with van der Waals surface area (Å²) in [6.45, 7) is 4.76. The zero-order valence-corrected chi connectivity index (χ0v) is 11.6. The van der Waals surface area contributed by atoms with E-state index in [0.29, 0.717) is 12.3 Å². The van der Waals surface area contributed by atoms with E-state index in [4.69, 9.17) is 0 Å². The third-order valence-corrected chi connectivity index (χ3v) is 2.99. The fraction of sp³-hybridized carbons (Fsp3) is 0.636. The van der Waals surface area contributed by atoms with E-state index in [0.717, 1.165) is 17.5 Å². The lowest BCUT2D eigenvalue weighted by Gasteiger charge is -2.11. The number of hydrogen-bond donors (Lipinski definition) is 2. The number of nitrogens with one attached hydrogen (secondary N) is 2. The molecule has 0 aliphatic carbocycles. The molecule has 0 aliphatic heterocycles. The summed E-state index contributed by atoms with van der Waals surface area (Å²) < 4.78 is 11.0. The lowest BCUT2D eigenvalue weighted by molar-refractivity contribution is 0.687. The van der Waals surface area contributed by atoms with Gasteiger partial charge in [0.15, 0.2) is 0 Å². The van der Waals surface area contributed by atoms with Gasteiger partial charge in [-0.2, -0.15) is 0 Å². The number of nitrogens with zero attached hydrogens (tertiary/aromatic N) is 2. The molecule has 0 saturated carbocycles. The maximum absolute atomic E-state index is 11.0. The van der Waals surface area contributed by atoms with E-state index in [2.05, 4.69) is 34.4 Å². The van der Waals surface area contributed by atoms with E-state index in [-0.39, 0.29) is 5.92 Å². The minimum absolute atomic E-state index is 0.282. The van der Waals surface area contributed by atoms with Crippen LogP contribution in [0.2, 0.25) is 0 Å². The molecule has 0 fully saturated rings. The summed E-state index contributed by atoms with van der Waals surface area (Å²) >= 11 is 0. The summed E-state index contributed by atoms with van der Waals surface area (Å²) in [5, 5.41) is 6.17. The van der Waals surface area contributed by atoms with Crippen molar-refractivity contribution in [2.24, 2.45) is 0 Å². The van der Waals surface area contributed by atoms with Gasteiger partial charge in [-0.05, 0) is 0 Å². The van der Waals surface area contributed by atoms with Gasteiger partial charge in [-0.15, -0.1) is 0 Å². The van der Waals surface area contributed by atoms with Crippen molar-refractivity contribution in [2.45, 2.75) is 19.8 Å². The van der Waals surface area contributed by atoms with Crippen molar-refractivity contribution in [3.63, 3.8) is 0 Å². The van der Waals surface area contributed by atoms with Gasteiger partial charge < -0.3 is 10.6 Å². The second kappa shape index (κ2) is 6.54. The quantitative estimate of drug-likeness (QED) is 0.806. The second-order valence-electron chi connectivity index (χ2n) is 4.11. The molecule has 1 heterocycles. The number of anilines is 2. The molecule has 0 radical (unpaired) electrons. The fourth-order valence-electron chi connectivity index (χ4n) is 1.27. The Kier molecular flexibility index (Phi) is 5.34. The van der Waals surface area contributed by atoms with Crippen molar-refractivity contribution in [1.82, 2.24) is 9.97 Å². The highest BCUT2D eigenvalue weighted by Crippen LogP contribution is 2.16. The van der Waals surface area contributed by atoms with Crippen molar-refractivity contribution in [1.29, 1.82) is 0 Å². The number of aromatic nitrogens is 2. The van der Waals surface area contributed by atoms with E-state index >= 15 is 0 Å². The molecule has 1 aromatic rings. The zero-order chi connectivity index (χ0) is 12.8. The summed E-state index contributed by atoms with van der Waals surface area (Å²) in [5.41, 5.74) is 0. The first-order valence-electron chi connectivity index (χ1n) is 5.63. The van der Waals surface area contributed by atoms with Gasteiger partial charge in [-0.25, -0.2) is 9.97 Å². The Morgan fingerprint density at radius 2 is 2.00 bits per heavy atom. The number of hydrogen-bond acceptors (Lipinski definition) is 5. The molecule has 0 aromatic carbocycles. The summed E-state index contributed by atoms with van der Waals surface area (Å²) in [6, 6.07) is 1.85. The first kappa shape index (κ1) is 13.9. The fourth-order valence-corrected chi connectivity index (χ4v) is 1.66. The van der Waals surface area contributed by atoms with Crippen LogP contribution in [0.4, 0.5) is 11.6 Å². The third kappa shape index (κ3) is 4.68. The summed E-state index contributed by atoms with van der Waals surface area (Å²) in [7, 11) is 1.05. The second-order valence-corrected chi connectivity index (χ2v) is 5.66. The lowest BCUT2D eigenvalue weighted by atomic mass is 10.2. The molecule has 0 amide bonds. The molecule has 1 atom stereocenters. The Hall–Kier alpha value is -1.17. The molecule has 0 aliphatic rings. The van der Waals surface area contributed by atoms with Crippen LogP contribution in [0.5, 0.6) is 0 Å². The monoisotopic (exact) mass is 256 g/mol. The Morgan fingerprint density at radius 1 is 1.35 bits per heavy atom. The van der Waals surface area contributed by atoms with Gasteiger partial charge >= 0.3 is 0 Å². The van der Waals surface area contributed by atoms with Crippen LogP contribution in [0.15, 0.2) is 6.07 Å². The van der Waals surface area contributed by atoms with E-state index in [1.165, 1.54) is 0 Å². The summed E-state index contributed by atoms with van der Waals surface area (Å²) in [6.07, 6.45) is 1.69. The highest BCUT2D eigenvalue weighted by molar-refractivity contribution is 7.84. The maximum atomic E-state index is 11.0. The summed E-state index contributed by atoms with van der Waals surface area (Å²) in [5.74, 6) is 3.28. The molecular formula is C11H20N4OS. The van der Waals surface area contributed by atoms with Crippen molar-refractivity contribution >= 4 is 22.4 Å². The molecule has 0 saturated heterocycles. The highest BCUT2D eigenvalue weighted by Gasteiger charge is 2.07. The minimum atomic E-state index is -0.782. The highest BCUT2D eigenvalue weighted by atomic mass is 32.2. The topological polar surface area (TPSA) is 66.9 Å². The van der Waals surface area contributed by atoms with Gasteiger partial charge in [-0.3, -0.25) is 4.21 Å². The van der Waals surface area contributed by atoms with Crippen LogP contribution in [0.1, 0.15) is 25.6 Å². The molecule has 17 heavy (non-hydrogen) atoms. The Balaban J connectivity index is 2.76. The van der Waals surface area contributed by atoms with Crippen LogP contribution < -0.4 is 10.6 Å². The van der Waals surface area contributed by atoms with Gasteiger partial charge in [0, 0.05) is 48.4 Å². The van der Waals surface area contributed by atoms with E-state index in [1.807, 2.05) is 13.1 Å². The molecule has 1 unspecified atom stereocenters. The van der Waals surface area contributed by atoms with E-state index in [1.54, 1.807) is 6.26 Å². The Bertz CT molecular complexity index is 395. The third-order valence-electron chi connectivity index (χ3n) is 2.21. The van der Waals surface area contributed by atoms with Crippen molar-refractivity contribution in [3.05, 3.63) is 11.9 Å². The molecule has 2 N–H and O–H groups in total. The zero-order valence-electron chi connectivity index (χ0n) is 10.8. The van der Waals surface area contributed by atoms with Crippen LogP contribution in [-0.4, -0.2) is 39.8 Å². The predicted molar refractivity (Wildman–Crippen MR) is 73.1 cm³/mol. The molecule has 5 nitrogen and oxygen atoms in total. The van der Waals surface area contributed by atoms with Crippen LogP contribution in [0.25, 0.3) is 0 Å². The standard InChI is InChI=1S/C11H20N4OS/c1-8(2)11-14-9(12-3)7-10(15-11)13-5-6-17(4)16/h7-8H,5-6H2,1-4H3,(H2,12,13,14,15). The SMILES string of the molecule is CNc1cc(NCCS(C)=O)nc(C(C)C)n1. The van der Waals surface area contributed by atoms with Gasteiger partial charge in [0.1, 0.15) is 17.5 Å². The predicted octanol–water partition coefficient (Wildman–Crippen LogP) is 1.43. The lowest BCUT2D eigenvalue weighted by Crippen LogP contribution is -2.12. The molecule has 1 aromatic heterocycles. The normalized spacial score (nSPS) is 12.5. The van der Waals surface area contributed by atoms with Crippen LogP contribution in [0, 0.1) is 0 Å². The average Bonchev–Trinajstić information content (AvgIpc) is 2.28. The average molecular weight is 256 g/mol. The van der Waals surface area contributed by atoms with Crippen molar-refractivity contribution < 1.29 is 4.21 Å². The maximum Gasteiger partial charge on any atom is 0.135 e. The smallest absolute Gasteiger partial charge is 0.135 e. The molecular weight excluding hydrogens is 236 g/mol. The Morgan fingerprint density at radius 3 is 2.53 bits per heavy atom. The van der Waals surface area contributed by atoms with Crippen LogP contribution >= 0.6 is 0 Å². The molecule has 1 rings (SSSR count). The number of rotatable bonds is 6. The Labute approximate surface area is 105 Å². The van der Waals surface area contributed by atoms with Crippen LogP contribution in [0.3, 0.4) is 0 Å². The van der Waals surface area contributed by atoms with Crippen LogP contribution in [-0.2, 0) is 10.8 Å². The van der Waals surface area contributed by atoms with E-state index < -0.39 is 10.8 Å². The first-order valence-corrected chi connectivity index (χ1v) is 7.36. The van der Waals surface area contributed by atoms with E-state index in [9.17, 15) is 4.21 Å². The van der Waals surface area contributed by atoms with Gasteiger partial charge in [0.05, 0.1) is 0 Å². The van der Waals surface area contributed by atoms with Gasteiger partial charge in [0.25, 0.3) is 0 Å².